The van der Waals surface area contributed by atoms with Crippen molar-refractivity contribution in [2.75, 3.05) is 5.32 Å². The number of anilines is 1. The molecule has 0 bridgehead atoms. The SMILES string of the molecule is Cc1ccc(NC(=O)C(=O)NC2CCC(C)CC2)c(C)c1. The second-order valence-corrected chi connectivity index (χ2v) is 6.20. The third-order valence-corrected chi connectivity index (χ3v) is 4.19. The van der Waals surface area contributed by atoms with E-state index < -0.39 is 11.8 Å². The topological polar surface area (TPSA) is 58.2 Å². The monoisotopic (exact) mass is 288 g/mol. The van der Waals surface area contributed by atoms with Crippen LogP contribution in [0.25, 0.3) is 0 Å². The van der Waals surface area contributed by atoms with Gasteiger partial charge in [-0.15, -0.1) is 0 Å². The third kappa shape index (κ3) is 4.31. The molecule has 2 amide bonds. The second kappa shape index (κ2) is 6.74. The number of aryl methyl sites for hydroxylation is 2. The lowest BCUT2D eigenvalue weighted by Crippen LogP contribution is -2.43. The van der Waals surface area contributed by atoms with Gasteiger partial charge in [-0.05, 0) is 57.1 Å². The highest BCUT2D eigenvalue weighted by Gasteiger charge is 2.23. The zero-order valence-corrected chi connectivity index (χ0v) is 13.0. The van der Waals surface area contributed by atoms with Crippen LogP contribution in [0, 0.1) is 19.8 Å². The molecule has 0 radical (unpaired) electrons. The van der Waals surface area contributed by atoms with Crippen molar-refractivity contribution in [1.82, 2.24) is 5.32 Å². The van der Waals surface area contributed by atoms with Crippen molar-refractivity contribution in [1.29, 1.82) is 0 Å². The van der Waals surface area contributed by atoms with Crippen LogP contribution in [-0.2, 0) is 9.59 Å². The maximum absolute atomic E-state index is 12.0. The van der Waals surface area contributed by atoms with Crippen molar-refractivity contribution >= 4 is 17.5 Å². The van der Waals surface area contributed by atoms with Gasteiger partial charge in [-0.25, -0.2) is 0 Å². The molecule has 1 aliphatic rings. The lowest BCUT2D eigenvalue weighted by molar-refractivity contribution is -0.136. The Labute approximate surface area is 126 Å². The zero-order chi connectivity index (χ0) is 15.4. The van der Waals surface area contributed by atoms with E-state index in [1.165, 1.54) is 0 Å². The van der Waals surface area contributed by atoms with Crippen molar-refractivity contribution < 1.29 is 9.59 Å². The maximum Gasteiger partial charge on any atom is 0.313 e. The minimum atomic E-state index is -0.583. The molecule has 0 atom stereocenters. The molecule has 0 unspecified atom stereocenters. The molecule has 0 saturated heterocycles. The zero-order valence-electron chi connectivity index (χ0n) is 13.0. The van der Waals surface area contributed by atoms with Crippen LogP contribution < -0.4 is 10.6 Å². The summed E-state index contributed by atoms with van der Waals surface area (Å²) in [7, 11) is 0. The van der Waals surface area contributed by atoms with E-state index in [0.29, 0.717) is 5.69 Å². The van der Waals surface area contributed by atoms with E-state index in [9.17, 15) is 9.59 Å². The summed E-state index contributed by atoms with van der Waals surface area (Å²) >= 11 is 0. The fourth-order valence-electron chi connectivity index (χ4n) is 2.79. The molecular formula is C17H24N2O2. The quantitative estimate of drug-likeness (QED) is 0.822. The van der Waals surface area contributed by atoms with Gasteiger partial charge in [0, 0.05) is 11.7 Å². The van der Waals surface area contributed by atoms with Gasteiger partial charge in [0.1, 0.15) is 0 Å². The lowest BCUT2D eigenvalue weighted by atomic mass is 9.87. The van der Waals surface area contributed by atoms with Gasteiger partial charge >= 0.3 is 11.8 Å². The summed E-state index contributed by atoms with van der Waals surface area (Å²) < 4.78 is 0. The highest BCUT2D eigenvalue weighted by atomic mass is 16.2. The molecule has 2 N–H and O–H groups in total. The lowest BCUT2D eigenvalue weighted by Gasteiger charge is -2.26. The van der Waals surface area contributed by atoms with Crippen LogP contribution in [0.4, 0.5) is 5.69 Å². The minimum Gasteiger partial charge on any atom is -0.345 e. The first-order chi connectivity index (χ1) is 9.95. The highest BCUT2D eigenvalue weighted by molar-refractivity contribution is 6.39. The average Bonchev–Trinajstić information content (AvgIpc) is 2.44. The fraction of sp³-hybridized carbons (Fsp3) is 0.529. The van der Waals surface area contributed by atoms with Gasteiger partial charge in [-0.3, -0.25) is 9.59 Å². The molecule has 1 aromatic rings. The van der Waals surface area contributed by atoms with Crippen molar-refractivity contribution in [2.45, 2.75) is 52.5 Å². The standard InChI is InChI=1S/C17H24N2O2/c1-11-4-7-14(8-5-11)18-16(20)17(21)19-15-9-6-12(2)10-13(15)3/h6,9-11,14H,4-5,7-8H2,1-3H3,(H,18,20)(H,19,21). The van der Waals surface area contributed by atoms with Gasteiger partial charge in [0.25, 0.3) is 0 Å². The summed E-state index contributed by atoms with van der Waals surface area (Å²) in [5, 5.41) is 5.52. The van der Waals surface area contributed by atoms with Gasteiger partial charge < -0.3 is 10.6 Å². The third-order valence-electron chi connectivity index (χ3n) is 4.19. The van der Waals surface area contributed by atoms with Gasteiger partial charge in [-0.1, -0.05) is 24.6 Å². The van der Waals surface area contributed by atoms with Crippen LogP contribution in [-0.4, -0.2) is 17.9 Å². The minimum absolute atomic E-state index is 0.138. The summed E-state index contributed by atoms with van der Waals surface area (Å²) in [4.78, 5) is 23.9. The van der Waals surface area contributed by atoms with Gasteiger partial charge in [0.05, 0.1) is 0 Å². The molecule has 4 heteroatoms. The molecule has 2 rings (SSSR count). The number of amides is 2. The number of nitrogens with one attached hydrogen (secondary N) is 2. The Bertz CT molecular complexity index is 532. The van der Waals surface area contributed by atoms with E-state index in [4.69, 9.17) is 0 Å². The van der Waals surface area contributed by atoms with Crippen LogP contribution in [0.5, 0.6) is 0 Å². The Kier molecular flexibility index (Phi) is 4.99. The smallest absolute Gasteiger partial charge is 0.313 e. The number of carbonyl (C=O) groups is 2. The number of benzene rings is 1. The van der Waals surface area contributed by atoms with Crippen LogP contribution in [0.15, 0.2) is 18.2 Å². The molecule has 0 aromatic heterocycles. The summed E-state index contributed by atoms with van der Waals surface area (Å²) in [6.45, 7) is 6.14. The molecule has 1 aliphatic carbocycles. The first-order valence-electron chi connectivity index (χ1n) is 7.65. The Morgan fingerprint density at radius 2 is 1.71 bits per heavy atom. The molecule has 1 fully saturated rings. The molecule has 0 heterocycles. The van der Waals surface area contributed by atoms with Gasteiger partial charge in [0.15, 0.2) is 0 Å². The van der Waals surface area contributed by atoms with E-state index in [1.54, 1.807) is 0 Å². The summed E-state index contributed by atoms with van der Waals surface area (Å²) in [6, 6.07) is 5.87. The number of hydrogen-bond donors (Lipinski definition) is 2. The normalized spacial score (nSPS) is 21.7. The first-order valence-corrected chi connectivity index (χ1v) is 7.65. The molecule has 0 aliphatic heterocycles. The fourth-order valence-corrected chi connectivity index (χ4v) is 2.79. The molecule has 21 heavy (non-hydrogen) atoms. The van der Waals surface area contributed by atoms with E-state index in [-0.39, 0.29) is 6.04 Å². The van der Waals surface area contributed by atoms with Crippen LogP contribution >= 0.6 is 0 Å². The van der Waals surface area contributed by atoms with Crippen molar-refractivity contribution in [2.24, 2.45) is 5.92 Å². The highest BCUT2D eigenvalue weighted by Crippen LogP contribution is 2.23. The van der Waals surface area contributed by atoms with Crippen molar-refractivity contribution in [3.63, 3.8) is 0 Å². The van der Waals surface area contributed by atoms with Gasteiger partial charge in [0.2, 0.25) is 0 Å². The van der Waals surface area contributed by atoms with E-state index >= 15 is 0 Å². The first kappa shape index (κ1) is 15.5. The molecule has 0 spiro atoms. The molecular weight excluding hydrogens is 264 g/mol. The van der Waals surface area contributed by atoms with Gasteiger partial charge in [-0.2, -0.15) is 0 Å². The number of hydrogen-bond acceptors (Lipinski definition) is 2. The maximum atomic E-state index is 12.0. The molecule has 4 nitrogen and oxygen atoms in total. The Morgan fingerprint density at radius 1 is 1.05 bits per heavy atom. The van der Waals surface area contributed by atoms with E-state index in [0.717, 1.165) is 42.7 Å². The van der Waals surface area contributed by atoms with Crippen molar-refractivity contribution in [3.05, 3.63) is 29.3 Å². The number of carbonyl (C=O) groups excluding carboxylic acids is 2. The Morgan fingerprint density at radius 3 is 2.33 bits per heavy atom. The summed E-state index contributed by atoms with van der Waals surface area (Å²) in [6.07, 6.45) is 4.15. The van der Waals surface area contributed by atoms with Crippen LogP contribution in [0.1, 0.15) is 43.7 Å². The van der Waals surface area contributed by atoms with E-state index in [2.05, 4.69) is 17.6 Å². The largest absolute Gasteiger partial charge is 0.345 e. The average molecular weight is 288 g/mol. The molecule has 1 saturated carbocycles. The predicted molar refractivity (Wildman–Crippen MR) is 84.1 cm³/mol. The Hall–Kier alpha value is -1.84. The van der Waals surface area contributed by atoms with E-state index in [1.807, 2.05) is 32.0 Å². The van der Waals surface area contributed by atoms with Crippen LogP contribution in [0.2, 0.25) is 0 Å². The predicted octanol–water partition coefficient (Wildman–Crippen LogP) is 2.94. The van der Waals surface area contributed by atoms with Crippen molar-refractivity contribution in [3.8, 4) is 0 Å². The molecule has 1 aromatic carbocycles. The number of rotatable bonds is 2. The second-order valence-electron chi connectivity index (χ2n) is 6.20. The summed E-state index contributed by atoms with van der Waals surface area (Å²) in [5.74, 6) is -0.391. The molecule has 114 valence electrons. The summed E-state index contributed by atoms with van der Waals surface area (Å²) in [5.41, 5.74) is 2.78. The van der Waals surface area contributed by atoms with Crippen LogP contribution in [0.3, 0.4) is 0 Å². The Balaban J connectivity index is 1.89.